The third kappa shape index (κ3) is 5.44. The number of likely N-dealkylation sites (tertiary alicyclic amines) is 1. The van der Waals surface area contributed by atoms with Crippen LogP contribution < -0.4 is 10.1 Å². The lowest BCUT2D eigenvalue weighted by atomic mass is 10.1. The Hall–Kier alpha value is -1.73. The topological polar surface area (TPSA) is 50.8 Å². The maximum absolute atomic E-state index is 13.6. The first-order valence-electron chi connectivity index (χ1n) is 7.69. The zero-order chi connectivity index (χ0) is 16.7. The van der Waals surface area contributed by atoms with Crippen LogP contribution in [0.3, 0.4) is 0 Å². The van der Waals surface area contributed by atoms with Gasteiger partial charge in [-0.3, -0.25) is 4.79 Å². The van der Waals surface area contributed by atoms with Crippen molar-refractivity contribution in [1.29, 1.82) is 0 Å². The molecule has 0 aliphatic carbocycles. The Morgan fingerprint density at radius 2 is 2.09 bits per heavy atom. The van der Waals surface area contributed by atoms with Gasteiger partial charge in [-0.1, -0.05) is 0 Å². The third-order valence-electron chi connectivity index (χ3n) is 3.74. The van der Waals surface area contributed by atoms with Gasteiger partial charge >= 0.3 is 0 Å². The van der Waals surface area contributed by atoms with Crippen LogP contribution in [0, 0.1) is 11.6 Å². The molecule has 0 unspecified atom stereocenters. The molecule has 0 aromatic heterocycles. The van der Waals surface area contributed by atoms with Crippen LogP contribution in [-0.4, -0.2) is 56.8 Å². The fourth-order valence-corrected chi connectivity index (χ4v) is 2.45. The normalized spacial score (nSPS) is 15.7. The highest BCUT2D eigenvalue weighted by Crippen LogP contribution is 2.22. The Morgan fingerprint density at radius 1 is 1.35 bits per heavy atom. The number of carbonyl (C=O) groups excluding carboxylic acids is 1. The molecule has 1 saturated heterocycles. The maximum Gasteiger partial charge on any atom is 0.236 e. The van der Waals surface area contributed by atoms with E-state index in [0.29, 0.717) is 39.1 Å². The molecule has 1 aliphatic heterocycles. The molecule has 23 heavy (non-hydrogen) atoms. The van der Waals surface area contributed by atoms with E-state index in [-0.39, 0.29) is 24.3 Å². The molecule has 0 saturated carbocycles. The summed E-state index contributed by atoms with van der Waals surface area (Å²) in [5.74, 6) is -1.24. The number of nitrogens with one attached hydrogen (secondary N) is 1. The number of piperidine rings is 1. The van der Waals surface area contributed by atoms with Crippen LogP contribution in [0.15, 0.2) is 18.2 Å². The van der Waals surface area contributed by atoms with Crippen molar-refractivity contribution in [2.45, 2.75) is 18.9 Å². The van der Waals surface area contributed by atoms with Gasteiger partial charge < -0.3 is 19.7 Å². The molecule has 1 amide bonds. The van der Waals surface area contributed by atoms with Gasteiger partial charge in [-0.25, -0.2) is 8.78 Å². The summed E-state index contributed by atoms with van der Waals surface area (Å²) in [6.45, 7) is 2.61. The summed E-state index contributed by atoms with van der Waals surface area (Å²) in [6.07, 6.45) is 1.09. The van der Waals surface area contributed by atoms with Crippen molar-refractivity contribution in [3.8, 4) is 5.75 Å². The zero-order valence-electron chi connectivity index (χ0n) is 13.2. The first-order chi connectivity index (χ1) is 11.1. The number of nitrogens with zero attached hydrogens (tertiary/aromatic N) is 1. The van der Waals surface area contributed by atoms with Gasteiger partial charge in [0.15, 0.2) is 11.6 Å². The second-order valence-corrected chi connectivity index (χ2v) is 5.44. The zero-order valence-corrected chi connectivity index (χ0v) is 13.2. The van der Waals surface area contributed by atoms with Crippen molar-refractivity contribution < 1.29 is 23.0 Å². The van der Waals surface area contributed by atoms with Crippen molar-refractivity contribution in [1.82, 2.24) is 10.2 Å². The molecule has 0 atom stereocenters. The predicted molar refractivity (Wildman–Crippen MR) is 81.3 cm³/mol. The van der Waals surface area contributed by atoms with Gasteiger partial charge in [0.1, 0.15) is 11.9 Å². The predicted octanol–water partition coefficient (Wildman–Crippen LogP) is 1.57. The molecule has 7 heteroatoms. The lowest BCUT2D eigenvalue weighted by molar-refractivity contribution is -0.132. The number of amides is 1. The van der Waals surface area contributed by atoms with Gasteiger partial charge in [0.25, 0.3) is 0 Å². The molecule has 1 N–H and O–H groups in total. The quantitative estimate of drug-likeness (QED) is 0.772. The summed E-state index contributed by atoms with van der Waals surface area (Å²) in [6, 6.07) is 3.27. The lowest BCUT2D eigenvalue weighted by Gasteiger charge is -2.32. The number of carbonyl (C=O) groups is 1. The molecule has 1 aliphatic rings. The number of benzene rings is 1. The lowest BCUT2D eigenvalue weighted by Crippen LogP contribution is -2.45. The molecule has 2 rings (SSSR count). The summed E-state index contributed by atoms with van der Waals surface area (Å²) in [4.78, 5) is 13.8. The van der Waals surface area contributed by atoms with Gasteiger partial charge in [0.2, 0.25) is 5.91 Å². The van der Waals surface area contributed by atoms with Crippen LogP contribution in [0.5, 0.6) is 5.75 Å². The second kappa shape index (κ2) is 8.79. The number of rotatable bonds is 7. The fraction of sp³-hybridized carbons (Fsp3) is 0.562. The minimum absolute atomic E-state index is 0.0347. The van der Waals surface area contributed by atoms with E-state index in [1.165, 1.54) is 12.1 Å². The maximum atomic E-state index is 13.6. The minimum atomic E-state index is -0.703. The first-order valence-corrected chi connectivity index (χ1v) is 7.69. The smallest absolute Gasteiger partial charge is 0.236 e. The summed E-state index contributed by atoms with van der Waals surface area (Å²) in [5, 5.41) is 3.01. The van der Waals surface area contributed by atoms with E-state index in [0.717, 1.165) is 6.07 Å². The van der Waals surface area contributed by atoms with E-state index < -0.39 is 11.6 Å². The van der Waals surface area contributed by atoms with E-state index in [1.807, 2.05) is 0 Å². The van der Waals surface area contributed by atoms with Crippen molar-refractivity contribution >= 4 is 5.91 Å². The Balaban J connectivity index is 1.74. The minimum Gasteiger partial charge on any atom is -0.487 e. The standard InChI is InChI=1S/C16H22F2N2O3/c1-22-9-6-19-11-16(21)20-7-4-13(5-8-20)23-15-3-2-12(17)10-14(15)18/h2-3,10,13,19H,4-9,11H2,1H3. The molecule has 0 bridgehead atoms. The highest BCUT2D eigenvalue weighted by molar-refractivity contribution is 5.78. The van der Waals surface area contributed by atoms with Crippen LogP contribution in [0.1, 0.15) is 12.8 Å². The molecular formula is C16H22F2N2O3. The third-order valence-corrected chi connectivity index (χ3v) is 3.74. The molecular weight excluding hydrogens is 306 g/mol. The average Bonchev–Trinajstić information content (AvgIpc) is 2.55. The molecule has 1 aromatic carbocycles. The van der Waals surface area contributed by atoms with E-state index in [4.69, 9.17) is 9.47 Å². The molecule has 128 valence electrons. The van der Waals surface area contributed by atoms with Crippen molar-refractivity contribution in [3.05, 3.63) is 29.8 Å². The number of ether oxygens (including phenoxy) is 2. The first kappa shape index (κ1) is 17.6. The van der Waals surface area contributed by atoms with Gasteiger partial charge in [-0.15, -0.1) is 0 Å². The van der Waals surface area contributed by atoms with Crippen LogP contribution in [0.25, 0.3) is 0 Å². The average molecular weight is 328 g/mol. The molecule has 0 spiro atoms. The summed E-state index contributed by atoms with van der Waals surface area (Å²) in [5.41, 5.74) is 0. The molecule has 0 radical (unpaired) electrons. The van der Waals surface area contributed by atoms with E-state index in [2.05, 4.69) is 5.32 Å². The van der Waals surface area contributed by atoms with Crippen molar-refractivity contribution in [3.63, 3.8) is 0 Å². The summed E-state index contributed by atoms with van der Waals surface area (Å²) < 4.78 is 36.9. The van der Waals surface area contributed by atoms with Crippen LogP contribution >= 0.6 is 0 Å². The van der Waals surface area contributed by atoms with Gasteiger partial charge in [0.05, 0.1) is 13.2 Å². The molecule has 1 aromatic rings. The monoisotopic (exact) mass is 328 g/mol. The fourth-order valence-electron chi connectivity index (χ4n) is 2.45. The van der Waals surface area contributed by atoms with Gasteiger partial charge in [0, 0.05) is 45.7 Å². The van der Waals surface area contributed by atoms with Gasteiger partial charge in [-0.2, -0.15) is 0 Å². The van der Waals surface area contributed by atoms with E-state index in [1.54, 1.807) is 12.0 Å². The number of halogens is 2. The Bertz CT molecular complexity index is 520. The number of hydrogen-bond donors (Lipinski definition) is 1. The Kier molecular flexibility index (Phi) is 6.73. The van der Waals surface area contributed by atoms with Gasteiger partial charge in [-0.05, 0) is 12.1 Å². The summed E-state index contributed by atoms with van der Waals surface area (Å²) in [7, 11) is 1.61. The largest absolute Gasteiger partial charge is 0.487 e. The molecule has 1 heterocycles. The van der Waals surface area contributed by atoms with E-state index >= 15 is 0 Å². The summed E-state index contributed by atoms with van der Waals surface area (Å²) >= 11 is 0. The van der Waals surface area contributed by atoms with Crippen molar-refractivity contribution in [2.24, 2.45) is 0 Å². The van der Waals surface area contributed by atoms with Crippen LogP contribution in [0.4, 0.5) is 8.78 Å². The Labute approximate surface area is 134 Å². The van der Waals surface area contributed by atoms with Crippen LogP contribution in [0.2, 0.25) is 0 Å². The second-order valence-electron chi connectivity index (χ2n) is 5.44. The van der Waals surface area contributed by atoms with Crippen LogP contribution in [-0.2, 0) is 9.53 Å². The number of hydrogen-bond acceptors (Lipinski definition) is 4. The highest BCUT2D eigenvalue weighted by Gasteiger charge is 2.24. The molecule has 1 fully saturated rings. The number of methoxy groups -OCH3 is 1. The Morgan fingerprint density at radius 3 is 2.74 bits per heavy atom. The SMILES string of the molecule is COCCNCC(=O)N1CCC(Oc2ccc(F)cc2F)CC1. The highest BCUT2D eigenvalue weighted by atomic mass is 19.1. The molecule has 5 nitrogen and oxygen atoms in total. The van der Waals surface area contributed by atoms with Crippen molar-refractivity contribution in [2.75, 3.05) is 39.9 Å². The van der Waals surface area contributed by atoms with E-state index in [9.17, 15) is 13.6 Å².